The fraction of sp³-hybridized carbons (Fsp3) is 0.455. The van der Waals surface area contributed by atoms with Crippen LogP contribution in [0, 0.1) is 0 Å². The van der Waals surface area contributed by atoms with Crippen LogP contribution in [0.1, 0.15) is 75.0 Å². The predicted molar refractivity (Wildman–Crippen MR) is 166 cm³/mol. The average molecular weight is 607 g/mol. The van der Waals surface area contributed by atoms with Crippen LogP contribution in [0.25, 0.3) is 22.5 Å². The molecule has 236 valence electrons. The number of amides is 2. The smallest absolute Gasteiger partial charge is 0.412 e. The van der Waals surface area contributed by atoms with Crippen molar-refractivity contribution in [3.63, 3.8) is 0 Å². The standard InChI is InChI=1S/C33H42N4O7/c1-6-9-28(38)42-27-19-26(43-33(40)35-8-3)24(21(4)5)18-25(27)31-29(30(36-44-31)32(39)34-7-2)23-12-10-22(11-13-23)20-37-14-16-41-17-15-37/h10-13,18-19,21H,6-9,14-17,20H2,1-5H3,(H,34,39)(H,35,40). The van der Waals surface area contributed by atoms with Gasteiger partial charge in [-0.15, -0.1) is 0 Å². The highest BCUT2D eigenvalue weighted by Gasteiger charge is 2.29. The molecule has 44 heavy (non-hydrogen) atoms. The van der Waals surface area contributed by atoms with Crippen molar-refractivity contribution in [2.75, 3.05) is 39.4 Å². The van der Waals surface area contributed by atoms with Gasteiger partial charge < -0.3 is 29.4 Å². The molecule has 0 aliphatic carbocycles. The van der Waals surface area contributed by atoms with Gasteiger partial charge in [0.05, 0.1) is 24.3 Å². The van der Waals surface area contributed by atoms with Gasteiger partial charge in [0, 0.05) is 45.2 Å². The molecular weight excluding hydrogens is 564 g/mol. The van der Waals surface area contributed by atoms with Gasteiger partial charge in [-0.1, -0.05) is 50.2 Å². The lowest BCUT2D eigenvalue weighted by atomic mass is 9.93. The maximum atomic E-state index is 13.2. The molecule has 0 bridgehead atoms. The third-order valence-corrected chi connectivity index (χ3v) is 7.18. The molecule has 4 rings (SSSR count). The van der Waals surface area contributed by atoms with Gasteiger partial charge in [0.2, 0.25) is 0 Å². The molecule has 0 spiro atoms. The van der Waals surface area contributed by atoms with Crippen molar-refractivity contribution < 1.29 is 33.1 Å². The van der Waals surface area contributed by atoms with Crippen LogP contribution >= 0.6 is 0 Å². The van der Waals surface area contributed by atoms with Crippen LogP contribution < -0.4 is 20.1 Å². The highest BCUT2D eigenvalue weighted by Crippen LogP contribution is 2.44. The fourth-order valence-electron chi connectivity index (χ4n) is 4.97. The van der Waals surface area contributed by atoms with E-state index in [-0.39, 0.29) is 41.2 Å². The predicted octanol–water partition coefficient (Wildman–Crippen LogP) is 5.53. The number of nitrogens with one attached hydrogen (secondary N) is 2. The quantitative estimate of drug-likeness (QED) is 0.202. The molecule has 2 N–H and O–H groups in total. The van der Waals surface area contributed by atoms with Crippen LogP contribution in [0.2, 0.25) is 0 Å². The Kier molecular flexibility index (Phi) is 11.5. The van der Waals surface area contributed by atoms with Crippen LogP contribution in [0.15, 0.2) is 40.9 Å². The first-order chi connectivity index (χ1) is 21.2. The summed E-state index contributed by atoms with van der Waals surface area (Å²) in [5, 5.41) is 9.62. The molecule has 3 aromatic rings. The van der Waals surface area contributed by atoms with E-state index in [1.54, 1.807) is 13.0 Å². The van der Waals surface area contributed by atoms with E-state index in [1.165, 1.54) is 6.07 Å². The maximum absolute atomic E-state index is 13.2. The van der Waals surface area contributed by atoms with Crippen molar-refractivity contribution >= 4 is 18.0 Å². The Hall–Kier alpha value is -4.22. The number of aromatic nitrogens is 1. The lowest BCUT2D eigenvalue weighted by molar-refractivity contribution is -0.134. The summed E-state index contributed by atoms with van der Waals surface area (Å²) in [4.78, 5) is 40.6. The number of rotatable bonds is 12. The molecule has 11 heteroatoms. The van der Waals surface area contributed by atoms with E-state index in [4.69, 9.17) is 18.7 Å². The summed E-state index contributed by atoms with van der Waals surface area (Å²) in [6.07, 6.45) is 0.159. The molecule has 0 radical (unpaired) electrons. The zero-order valence-corrected chi connectivity index (χ0v) is 26.2. The summed E-state index contributed by atoms with van der Waals surface area (Å²) in [5.74, 6) is -0.264. The van der Waals surface area contributed by atoms with Gasteiger partial charge in [0.25, 0.3) is 5.91 Å². The average Bonchev–Trinajstić information content (AvgIpc) is 3.43. The topological polar surface area (TPSA) is 132 Å². The molecule has 1 fully saturated rings. The van der Waals surface area contributed by atoms with Crippen molar-refractivity contribution in [1.29, 1.82) is 0 Å². The number of hydrogen-bond acceptors (Lipinski definition) is 9. The van der Waals surface area contributed by atoms with Crippen molar-refractivity contribution in [2.24, 2.45) is 0 Å². The number of benzene rings is 2. The normalized spacial score (nSPS) is 13.5. The number of carbonyl (C=O) groups excluding carboxylic acids is 3. The maximum Gasteiger partial charge on any atom is 0.412 e. The van der Waals surface area contributed by atoms with Gasteiger partial charge in [-0.25, -0.2) is 4.79 Å². The van der Waals surface area contributed by atoms with Crippen molar-refractivity contribution in [3.8, 4) is 33.9 Å². The van der Waals surface area contributed by atoms with E-state index in [0.29, 0.717) is 55.0 Å². The van der Waals surface area contributed by atoms with Gasteiger partial charge >= 0.3 is 12.1 Å². The number of carbonyl (C=O) groups is 3. The van der Waals surface area contributed by atoms with Gasteiger partial charge in [-0.3, -0.25) is 14.5 Å². The second kappa shape index (κ2) is 15.5. The van der Waals surface area contributed by atoms with Gasteiger partial charge in [-0.05, 0) is 48.9 Å². The van der Waals surface area contributed by atoms with Crippen molar-refractivity contribution in [1.82, 2.24) is 20.7 Å². The summed E-state index contributed by atoms with van der Waals surface area (Å²) >= 11 is 0. The first-order valence-electron chi connectivity index (χ1n) is 15.3. The van der Waals surface area contributed by atoms with Gasteiger partial charge in [0.15, 0.2) is 11.5 Å². The lowest BCUT2D eigenvalue weighted by Crippen LogP contribution is -2.35. The number of morpholine rings is 1. The molecule has 1 aromatic heterocycles. The zero-order valence-electron chi connectivity index (χ0n) is 26.2. The van der Waals surface area contributed by atoms with E-state index in [0.717, 1.165) is 25.2 Å². The highest BCUT2D eigenvalue weighted by atomic mass is 16.6. The van der Waals surface area contributed by atoms with Crippen LogP contribution in [-0.2, 0) is 16.1 Å². The lowest BCUT2D eigenvalue weighted by Gasteiger charge is -2.26. The Bertz CT molecular complexity index is 1440. The van der Waals surface area contributed by atoms with E-state index in [2.05, 4.69) is 20.7 Å². The van der Waals surface area contributed by atoms with Crippen LogP contribution in [0.3, 0.4) is 0 Å². The third kappa shape index (κ3) is 8.03. The number of esters is 1. The molecule has 1 aliphatic heterocycles. The molecule has 1 saturated heterocycles. The zero-order chi connectivity index (χ0) is 31.6. The molecule has 0 saturated carbocycles. The van der Waals surface area contributed by atoms with Crippen molar-refractivity contribution in [2.45, 2.75) is 59.9 Å². The van der Waals surface area contributed by atoms with E-state index >= 15 is 0 Å². The first kappa shape index (κ1) is 32.7. The van der Waals surface area contributed by atoms with E-state index in [9.17, 15) is 14.4 Å². The minimum Gasteiger partial charge on any atom is -0.426 e. The molecule has 1 aliphatic rings. The molecule has 2 aromatic carbocycles. The molecule has 2 amide bonds. The Morgan fingerprint density at radius 1 is 0.955 bits per heavy atom. The Morgan fingerprint density at radius 3 is 2.30 bits per heavy atom. The highest BCUT2D eigenvalue weighted by molar-refractivity contribution is 6.02. The summed E-state index contributed by atoms with van der Waals surface area (Å²) in [6.45, 7) is 14.2. The Morgan fingerprint density at radius 2 is 1.66 bits per heavy atom. The number of ether oxygens (including phenoxy) is 3. The fourth-order valence-corrected chi connectivity index (χ4v) is 4.97. The second-order valence-electron chi connectivity index (χ2n) is 10.9. The number of hydrogen-bond donors (Lipinski definition) is 2. The molecule has 0 atom stereocenters. The minimum absolute atomic E-state index is 0.0766. The summed E-state index contributed by atoms with van der Waals surface area (Å²) in [5.41, 5.74) is 3.52. The van der Waals surface area contributed by atoms with E-state index in [1.807, 2.05) is 52.0 Å². The molecular formula is C33H42N4O7. The van der Waals surface area contributed by atoms with Crippen LogP contribution in [0.4, 0.5) is 4.79 Å². The second-order valence-corrected chi connectivity index (χ2v) is 10.9. The van der Waals surface area contributed by atoms with Gasteiger partial charge in [-0.2, -0.15) is 0 Å². The SMILES string of the molecule is CCCC(=O)Oc1cc(OC(=O)NCC)c(C(C)C)cc1-c1onc(C(=O)NCC)c1-c1ccc(CN2CCOCC2)cc1. The largest absolute Gasteiger partial charge is 0.426 e. The van der Waals surface area contributed by atoms with Gasteiger partial charge in [0.1, 0.15) is 11.5 Å². The summed E-state index contributed by atoms with van der Waals surface area (Å²) in [7, 11) is 0. The van der Waals surface area contributed by atoms with Crippen LogP contribution in [0.5, 0.6) is 11.5 Å². The molecule has 0 unspecified atom stereocenters. The third-order valence-electron chi connectivity index (χ3n) is 7.18. The molecule has 11 nitrogen and oxygen atoms in total. The van der Waals surface area contributed by atoms with E-state index < -0.39 is 12.1 Å². The monoisotopic (exact) mass is 606 g/mol. The minimum atomic E-state index is -0.621. The first-order valence-corrected chi connectivity index (χ1v) is 15.3. The molecule has 2 heterocycles. The summed E-state index contributed by atoms with van der Waals surface area (Å²) in [6, 6.07) is 11.2. The van der Waals surface area contributed by atoms with Crippen LogP contribution in [-0.4, -0.2) is 67.4 Å². The number of nitrogens with zero attached hydrogens (tertiary/aromatic N) is 2. The van der Waals surface area contributed by atoms with Crippen molar-refractivity contribution in [3.05, 3.63) is 53.2 Å². The Balaban J connectivity index is 1.85. The Labute approximate surface area is 258 Å². The summed E-state index contributed by atoms with van der Waals surface area (Å²) < 4.78 is 22.8.